The number of aromatic hydroxyl groups is 1. The van der Waals surface area contributed by atoms with E-state index in [0.29, 0.717) is 5.75 Å². The Morgan fingerprint density at radius 2 is 1.30 bits per heavy atom. The summed E-state index contributed by atoms with van der Waals surface area (Å²) in [6, 6.07) is 12.0. The van der Waals surface area contributed by atoms with Gasteiger partial charge in [0.2, 0.25) is 0 Å². The van der Waals surface area contributed by atoms with Crippen molar-refractivity contribution in [2.24, 2.45) is 0 Å². The molecule has 1 N–H and O–H groups in total. The van der Waals surface area contributed by atoms with Gasteiger partial charge in [-0.25, -0.2) is 0 Å². The van der Waals surface area contributed by atoms with Gasteiger partial charge >= 0.3 is 6.98 Å². The standard InChI is InChI=1S/C16H19BN2O/c1-11-9-15-16(10-12(11)2)19(4)17(18(15)3)13-5-7-14(20)8-6-13/h5-10,20H,1-4H3. The van der Waals surface area contributed by atoms with Crippen LogP contribution in [-0.4, -0.2) is 26.2 Å². The van der Waals surface area contributed by atoms with Gasteiger partial charge < -0.3 is 14.7 Å². The fourth-order valence-electron chi connectivity index (χ4n) is 2.97. The van der Waals surface area contributed by atoms with Crippen molar-refractivity contribution in [1.82, 2.24) is 0 Å². The van der Waals surface area contributed by atoms with Crippen LogP contribution in [0.25, 0.3) is 0 Å². The van der Waals surface area contributed by atoms with Crippen LogP contribution >= 0.6 is 0 Å². The molecule has 0 spiro atoms. The van der Waals surface area contributed by atoms with Crippen LogP contribution in [0.2, 0.25) is 0 Å². The van der Waals surface area contributed by atoms with Crippen molar-refractivity contribution >= 4 is 23.8 Å². The van der Waals surface area contributed by atoms with Gasteiger partial charge in [-0.05, 0) is 68.8 Å². The highest BCUT2D eigenvalue weighted by Crippen LogP contribution is 2.37. The highest BCUT2D eigenvalue weighted by atomic mass is 16.3. The summed E-state index contributed by atoms with van der Waals surface area (Å²) >= 11 is 0. The summed E-state index contributed by atoms with van der Waals surface area (Å²) in [6.45, 7) is 4.47. The first kappa shape index (κ1) is 12.9. The number of rotatable bonds is 1. The molecule has 0 radical (unpaired) electrons. The minimum atomic E-state index is 0.173. The maximum atomic E-state index is 9.45. The van der Waals surface area contributed by atoms with Crippen molar-refractivity contribution < 1.29 is 5.11 Å². The van der Waals surface area contributed by atoms with Crippen molar-refractivity contribution in [2.45, 2.75) is 13.8 Å². The van der Waals surface area contributed by atoms with E-state index in [1.54, 1.807) is 12.1 Å². The zero-order valence-corrected chi connectivity index (χ0v) is 12.4. The Bertz CT molecular complexity index is 619. The van der Waals surface area contributed by atoms with E-state index in [0.717, 1.165) is 0 Å². The minimum Gasteiger partial charge on any atom is -0.508 e. The summed E-state index contributed by atoms with van der Waals surface area (Å²) in [7, 11) is 4.24. The monoisotopic (exact) mass is 266 g/mol. The molecule has 0 aromatic heterocycles. The maximum absolute atomic E-state index is 9.45. The number of hydrogen-bond acceptors (Lipinski definition) is 3. The van der Waals surface area contributed by atoms with E-state index in [9.17, 15) is 5.11 Å². The zero-order chi connectivity index (χ0) is 14.4. The molecule has 0 bridgehead atoms. The van der Waals surface area contributed by atoms with E-state index in [-0.39, 0.29) is 6.98 Å². The van der Waals surface area contributed by atoms with E-state index in [2.05, 4.69) is 49.7 Å². The number of aryl methyl sites for hydroxylation is 2. The molecule has 102 valence electrons. The Morgan fingerprint density at radius 3 is 1.75 bits per heavy atom. The summed E-state index contributed by atoms with van der Waals surface area (Å²) in [5, 5.41) is 9.45. The van der Waals surface area contributed by atoms with Gasteiger partial charge in [-0.15, -0.1) is 0 Å². The van der Waals surface area contributed by atoms with Crippen LogP contribution in [0.1, 0.15) is 11.1 Å². The molecule has 3 rings (SSSR count). The molecule has 0 atom stereocenters. The molecule has 0 fully saturated rings. The van der Waals surface area contributed by atoms with Crippen LogP contribution in [0.4, 0.5) is 11.4 Å². The SMILES string of the molecule is Cc1cc2c(cc1C)N(C)B(c1ccc(O)cc1)N2C. The van der Waals surface area contributed by atoms with Gasteiger partial charge in [-0.1, -0.05) is 12.1 Å². The summed E-state index contributed by atoms with van der Waals surface area (Å²) in [5.41, 5.74) is 6.33. The lowest BCUT2D eigenvalue weighted by Gasteiger charge is -2.23. The summed E-state index contributed by atoms with van der Waals surface area (Å²) < 4.78 is 0. The number of hydrogen-bond donors (Lipinski definition) is 1. The quantitative estimate of drug-likeness (QED) is 0.802. The molecule has 0 amide bonds. The third-order valence-corrected chi connectivity index (χ3v) is 4.28. The van der Waals surface area contributed by atoms with Crippen LogP contribution in [0.5, 0.6) is 5.75 Å². The molecule has 2 aromatic carbocycles. The molecule has 0 saturated carbocycles. The lowest BCUT2D eigenvalue weighted by molar-refractivity contribution is 0.475. The highest BCUT2D eigenvalue weighted by Gasteiger charge is 2.37. The molecular formula is C16H19BN2O. The Kier molecular flexibility index (Phi) is 2.89. The highest BCUT2D eigenvalue weighted by molar-refractivity contribution is 6.81. The fourth-order valence-corrected chi connectivity index (χ4v) is 2.97. The molecule has 20 heavy (non-hydrogen) atoms. The minimum absolute atomic E-state index is 0.173. The smallest absolute Gasteiger partial charge is 0.411 e. The second kappa shape index (κ2) is 4.48. The molecule has 1 heterocycles. The Balaban J connectivity index is 2.06. The summed E-state index contributed by atoms with van der Waals surface area (Å²) in [6.07, 6.45) is 0. The van der Waals surface area contributed by atoms with Gasteiger partial charge in [0.05, 0.1) is 0 Å². The van der Waals surface area contributed by atoms with Crippen LogP contribution in [0.3, 0.4) is 0 Å². The fraction of sp³-hybridized carbons (Fsp3) is 0.250. The van der Waals surface area contributed by atoms with Crippen molar-refractivity contribution in [2.75, 3.05) is 23.7 Å². The predicted molar refractivity (Wildman–Crippen MR) is 86.2 cm³/mol. The first-order valence-electron chi connectivity index (χ1n) is 6.85. The lowest BCUT2D eigenvalue weighted by Crippen LogP contribution is -2.53. The molecule has 1 aliphatic heterocycles. The summed E-state index contributed by atoms with van der Waals surface area (Å²) in [4.78, 5) is 4.57. The Morgan fingerprint density at radius 1 is 0.850 bits per heavy atom. The predicted octanol–water partition coefficient (Wildman–Crippen LogP) is 2.29. The van der Waals surface area contributed by atoms with Crippen LogP contribution < -0.4 is 15.1 Å². The number of phenols is 1. The second-order valence-electron chi connectivity index (χ2n) is 5.61. The first-order chi connectivity index (χ1) is 9.49. The van der Waals surface area contributed by atoms with Crippen molar-refractivity contribution in [3.8, 4) is 5.75 Å². The van der Waals surface area contributed by atoms with E-state index >= 15 is 0 Å². The third-order valence-electron chi connectivity index (χ3n) is 4.28. The van der Waals surface area contributed by atoms with Gasteiger partial charge in [0.1, 0.15) is 5.75 Å². The van der Waals surface area contributed by atoms with Crippen LogP contribution in [-0.2, 0) is 0 Å². The largest absolute Gasteiger partial charge is 0.508 e. The van der Waals surface area contributed by atoms with Crippen LogP contribution in [0.15, 0.2) is 36.4 Å². The number of anilines is 2. The molecule has 4 heteroatoms. The van der Waals surface area contributed by atoms with E-state index in [1.807, 2.05) is 12.1 Å². The Labute approximate surface area is 120 Å². The Hall–Kier alpha value is -2.10. The van der Waals surface area contributed by atoms with Gasteiger partial charge in [-0.2, -0.15) is 0 Å². The molecule has 3 nitrogen and oxygen atoms in total. The lowest BCUT2D eigenvalue weighted by atomic mass is 9.66. The maximum Gasteiger partial charge on any atom is 0.411 e. The van der Waals surface area contributed by atoms with E-state index < -0.39 is 0 Å². The average Bonchev–Trinajstić information content (AvgIpc) is 2.65. The molecule has 0 saturated heterocycles. The number of fused-ring (bicyclic) bond motifs is 1. The molecule has 1 aliphatic rings. The van der Waals surface area contributed by atoms with Crippen LogP contribution in [0, 0.1) is 13.8 Å². The van der Waals surface area contributed by atoms with Crippen molar-refractivity contribution in [3.05, 3.63) is 47.5 Å². The molecular weight excluding hydrogens is 247 g/mol. The van der Waals surface area contributed by atoms with Crippen molar-refractivity contribution in [1.29, 1.82) is 0 Å². The van der Waals surface area contributed by atoms with E-state index in [1.165, 1.54) is 28.0 Å². The summed E-state index contributed by atoms with van der Waals surface area (Å²) in [5.74, 6) is 0.307. The molecule has 0 unspecified atom stereocenters. The van der Waals surface area contributed by atoms with Gasteiger partial charge in [-0.3, -0.25) is 0 Å². The topological polar surface area (TPSA) is 26.7 Å². The van der Waals surface area contributed by atoms with Gasteiger partial charge in [0.15, 0.2) is 0 Å². The number of benzene rings is 2. The second-order valence-corrected chi connectivity index (χ2v) is 5.61. The van der Waals surface area contributed by atoms with Crippen molar-refractivity contribution in [3.63, 3.8) is 0 Å². The zero-order valence-electron chi connectivity index (χ0n) is 12.4. The third kappa shape index (κ3) is 1.83. The van der Waals surface area contributed by atoms with Gasteiger partial charge in [0, 0.05) is 11.4 Å². The number of phenolic OH excluding ortho intramolecular Hbond substituents is 1. The van der Waals surface area contributed by atoms with Gasteiger partial charge in [0.25, 0.3) is 0 Å². The molecule has 2 aromatic rings. The first-order valence-corrected chi connectivity index (χ1v) is 6.85. The molecule has 0 aliphatic carbocycles. The average molecular weight is 266 g/mol. The van der Waals surface area contributed by atoms with E-state index in [4.69, 9.17) is 0 Å². The normalized spacial score (nSPS) is 13.9. The number of nitrogens with zero attached hydrogens (tertiary/aromatic N) is 2.